The first-order valence-corrected chi connectivity index (χ1v) is 10.5. The van der Waals surface area contributed by atoms with Crippen molar-refractivity contribution in [3.63, 3.8) is 0 Å². The molecule has 2 aromatic heterocycles. The SMILES string of the molecule is Cc1[nH]ncc1C1=Cc2nc(S3(C)NC4CCC3C4)[nH]c(=O)c2B1. The van der Waals surface area contributed by atoms with E-state index < -0.39 is 10.2 Å². The molecule has 0 spiro atoms. The molecule has 4 heterocycles. The van der Waals surface area contributed by atoms with Gasteiger partial charge in [-0.3, -0.25) is 14.6 Å². The van der Waals surface area contributed by atoms with E-state index in [0.717, 1.165) is 33.0 Å². The highest BCUT2D eigenvalue weighted by Crippen LogP contribution is 2.62. The lowest BCUT2D eigenvalue weighted by atomic mass is 9.65. The number of H-pyrrole nitrogens is 2. The molecule has 24 heavy (non-hydrogen) atoms. The minimum atomic E-state index is -1.21. The summed E-state index contributed by atoms with van der Waals surface area (Å²) >= 11 is 0. The van der Waals surface area contributed by atoms with Gasteiger partial charge in [0.15, 0.2) is 5.16 Å². The molecule has 5 rings (SSSR count). The maximum atomic E-state index is 12.7. The number of nitrogens with zero attached hydrogens (tertiary/aromatic N) is 2. The van der Waals surface area contributed by atoms with Crippen molar-refractivity contribution in [2.24, 2.45) is 0 Å². The topological polar surface area (TPSA) is 86.5 Å². The number of hydrogen-bond donors (Lipinski definition) is 3. The number of aromatic amines is 2. The van der Waals surface area contributed by atoms with Gasteiger partial charge in [-0.15, -0.1) is 10.2 Å². The van der Waals surface area contributed by atoms with Crippen molar-refractivity contribution >= 4 is 34.5 Å². The van der Waals surface area contributed by atoms with Crippen molar-refractivity contribution in [2.45, 2.75) is 42.6 Å². The molecule has 2 bridgehead atoms. The van der Waals surface area contributed by atoms with Gasteiger partial charge in [0.1, 0.15) is 0 Å². The van der Waals surface area contributed by atoms with Crippen molar-refractivity contribution in [2.75, 3.05) is 6.26 Å². The lowest BCUT2D eigenvalue weighted by Gasteiger charge is -2.39. The lowest BCUT2D eigenvalue weighted by Crippen LogP contribution is -2.38. The summed E-state index contributed by atoms with van der Waals surface area (Å²) in [6.07, 6.45) is 9.88. The van der Waals surface area contributed by atoms with Crippen LogP contribution in [0.4, 0.5) is 0 Å². The summed E-state index contributed by atoms with van der Waals surface area (Å²) in [5.41, 5.74) is 4.85. The van der Waals surface area contributed by atoms with E-state index in [1.165, 1.54) is 19.3 Å². The van der Waals surface area contributed by atoms with Gasteiger partial charge >= 0.3 is 0 Å². The second-order valence-corrected chi connectivity index (χ2v) is 10.5. The van der Waals surface area contributed by atoms with Crippen LogP contribution < -0.4 is 15.7 Å². The maximum Gasteiger partial charge on any atom is 0.246 e. The van der Waals surface area contributed by atoms with Crippen LogP contribution in [0.1, 0.15) is 36.2 Å². The van der Waals surface area contributed by atoms with Gasteiger partial charge in [-0.25, -0.2) is 4.98 Å². The van der Waals surface area contributed by atoms with Gasteiger partial charge in [0.25, 0.3) is 0 Å². The van der Waals surface area contributed by atoms with E-state index >= 15 is 0 Å². The van der Waals surface area contributed by atoms with Crippen molar-refractivity contribution < 1.29 is 0 Å². The van der Waals surface area contributed by atoms with Crippen LogP contribution in [0.3, 0.4) is 0 Å². The van der Waals surface area contributed by atoms with Crippen LogP contribution in [-0.2, 0) is 0 Å². The molecule has 1 aliphatic carbocycles. The Morgan fingerprint density at radius 1 is 1.38 bits per heavy atom. The lowest BCUT2D eigenvalue weighted by molar-refractivity contribution is 0.663. The summed E-state index contributed by atoms with van der Waals surface area (Å²) in [5, 5.41) is 8.57. The fraction of sp³-hybridized carbons (Fsp3) is 0.438. The number of fused-ring (bicyclic) bond motifs is 3. The first-order chi connectivity index (χ1) is 11.5. The van der Waals surface area contributed by atoms with Gasteiger partial charge in [0, 0.05) is 28.0 Å². The Balaban J connectivity index is 1.58. The van der Waals surface area contributed by atoms with Crippen LogP contribution in [0.15, 0.2) is 16.1 Å². The summed E-state index contributed by atoms with van der Waals surface area (Å²) < 4.78 is 3.76. The van der Waals surface area contributed by atoms with Crippen LogP contribution in [-0.4, -0.2) is 45.0 Å². The second-order valence-electron chi connectivity index (χ2n) is 7.22. The fourth-order valence-corrected chi connectivity index (χ4v) is 7.71. The zero-order valence-corrected chi connectivity index (χ0v) is 14.7. The van der Waals surface area contributed by atoms with E-state index in [-0.39, 0.29) is 5.56 Å². The molecule has 124 valence electrons. The van der Waals surface area contributed by atoms with Crippen LogP contribution in [0, 0.1) is 6.92 Å². The molecule has 8 heteroatoms. The quantitative estimate of drug-likeness (QED) is 0.552. The Hall–Kier alpha value is -1.80. The van der Waals surface area contributed by atoms with Crippen molar-refractivity contribution in [1.82, 2.24) is 24.9 Å². The number of rotatable bonds is 2. The standard InChI is InChI=1S/C16H20BN5OS/c1-8-11(7-18-21-8)12-6-13-14(17-12)15(23)20-16(19-13)24(2)10-4-3-9(5-10)22-24/h6-7,9-10,17,22H,3-5H2,1-2H3,(H,18,21)(H,19,20,23). The van der Waals surface area contributed by atoms with E-state index in [2.05, 4.69) is 32.2 Å². The molecule has 1 saturated carbocycles. The molecular weight excluding hydrogens is 321 g/mol. The third-order valence-corrected chi connectivity index (χ3v) is 9.33. The summed E-state index contributed by atoms with van der Waals surface area (Å²) in [6, 6.07) is 0.605. The third kappa shape index (κ3) is 1.93. The Morgan fingerprint density at radius 2 is 2.25 bits per heavy atom. The summed E-state index contributed by atoms with van der Waals surface area (Å²) in [5.74, 6) is 0. The third-order valence-electron chi connectivity index (χ3n) is 5.74. The molecule has 0 aromatic carbocycles. The maximum absolute atomic E-state index is 12.7. The van der Waals surface area contributed by atoms with Gasteiger partial charge in [-0.05, 0) is 38.5 Å². The van der Waals surface area contributed by atoms with Crippen LogP contribution in [0.2, 0.25) is 0 Å². The minimum Gasteiger partial charge on any atom is -0.302 e. The molecule has 3 unspecified atom stereocenters. The van der Waals surface area contributed by atoms with Crippen molar-refractivity contribution in [3.05, 3.63) is 33.5 Å². The second kappa shape index (κ2) is 4.86. The summed E-state index contributed by atoms with van der Waals surface area (Å²) in [4.78, 5) is 20.7. The molecule has 2 aromatic rings. The van der Waals surface area contributed by atoms with Gasteiger partial charge in [-0.2, -0.15) is 5.10 Å². The monoisotopic (exact) mass is 341 g/mol. The predicted molar refractivity (Wildman–Crippen MR) is 99.2 cm³/mol. The minimum absolute atomic E-state index is 0.0145. The highest BCUT2D eigenvalue weighted by molar-refractivity contribution is 8.32. The van der Waals surface area contributed by atoms with E-state index in [1.54, 1.807) is 0 Å². The number of aromatic nitrogens is 4. The van der Waals surface area contributed by atoms with E-state index in [0.29, 0.717) is 18.6 Å². The Kier molecular flexibility index (Phi) is 2.94. The Labute approximate surface area is 142 Å². The molecule has 3 aliphatic rings. The molecule has 3 N–H and O–H groups in total. The Bertz CT molecular complexity index is 935. The zero-order chi connectivity index (χ0) is 16.5. The molecule has 2 fully saturated rings. The van der Waals surface area contributed by atoms with Gasteiger partial charge < -0.3 is 4.98 Å². The van der Waals surface area contributed by atoms with Gasteiger partial charge in [-0.1, -0.05) is 5.47 Å². The van der Waals surface area contributed by atoms with Crippen LogP contribution in [0.25, 0.3) is 11.5 Å². The van der Waals surface area contributed by atoms with Crippen LogP contribution in [0.5, 0.6) is 0 Å². The normalized spacial score (nSPS) is 33.0. The largest absolute Gasteiger partial charge is 0.302 e. The molecule has 1 saturated heterocycles. The summed E-state index contributed by atoms with van der Waals surface area (Å²) in [6.45, 7) is 2.00. The smallest absolute Gasteiger partial charge is 0.246 e. The molecule has 0 amide bonds. The zero-order valence-electron chi connectivity index (χ0n) is 13.8. The average Bonchev–Trinajstić information content (AvgIpc) is 3.28. The van der Waals surface area contributed by atoms with Crippen molar-refractivity contribution in [3.8, 4) is 0 Å². The first-order valence-electron chi connectivity index (χ1n) is 8.43. The average molecular weight is 341 g/mol. The highest BCUT2D eigenvalue weighted by Gasteiger charge is 2.46. The van der Waals surface area contributed by atoms with E-state index in [9.17, 15) is 4.79 Å². The molecule has 0 radical (unpaired) electrons. The first kappa shape index (κ1) is 14.5. The van der Waals surface area contributed by atoms with E-state index in [4.69, 9.17) is 4.98 Å². The summed E-state index contributed by atoms with van der Waals surface area (Å²) in [7, 11) is -0.583. The highest BCUT2D eigenvalue weighted by atomic mass is 32.3. The molecule has 6 nitrogen and oxygen atoms in total. The number of nitrogens with one attached hydrogen (secondary N) is 3. The molecular formula is C16H20BN5OS. The van der Waals surface area contributed by atoms with Gasteiger partial charge in [0.2, 0.25) is 12.8 Å². The van der Waals surface area contributed by atoms with E-state index in [1.807, 2.05) is 13.1 Å². The number of hydrogen-bond acceptors (Lipinski definition) is 4. The van der Waals surface area contributed by atoms with Crippen molar-refractivity contribution in [1.29, 1.82) is 0 Å². The fourth-order valence-electron chi connectivity index (χ4n) is 4.37. The number of aryl methyl sites for hydroxylation is 1. The van der Waals surface area contributed by atoms with Crippen LogP contribution >= 0.6 is 10.2 Å². The molecule has 2 aliphatic heterocycles. The Morgan fingerprint density at radius 3 is 2.92 bits per heavy atom. The van der Waals surface area contributed by atoms with Gasteiger partial charge in [0.05, 0.1) is 11.9 Å². The predicted octanol–water partition coefficient (Wildman–Crippen LogP) is 0.608. The molecule has 3 atom stereocenters.